The molecule has 0 unspecified atom stereocenters. The molecule has 0 radical (unpaired) electrons. The predicted octanol–water partition coefficient (Wildman–Crippen LogP) is 4.99. The molecule has 0 aliphatic heterocycles. The van der Waals surface area contributed by atoms with E-state index in [-0.39, 0.29) is 12.2 Å². The molecule has 1 heterocycles. The van der Waals surface area contributed by atoms with Crippen LogP contribution in [0.4, 0.5) is 0 Å². The molecule has 2 N–H and O–H groups in total. The van der Waals surface area contributed by atoms with Crippen molar-refractivity contribution in [1.29, 1.82) is 5.26 Å². The van der Waals surface area contributed by atoms with Crippen molar-refractivity contribution in [2.24, 2.45) is 0 Å². The second-order valence-corrected chi connectivity index (χ2v) is 7.82. The molecule has 4 rings (SSSR count). The Hall–Kier alpha value is -4.08. The summed E-state index contributed by atoms with van der Waals surface area (Å²) >= 11 is 0. The third-order valence-electron chi connectivity index (χ3n) is 5.95. The number of benzene rings is 3. The molecule has 166 valence electrons. The number of aryl methyl sites for hydroxylation is 1. The van der Waals surface area contributed by atoms with Gasteiger partial charge >= 0.3 is 5.97 Å². The summed E-state index contributed by atoms with van der Waals surface area (Å²) in [5, 5.41) is 29.9. The van der Waals surface area contributed by atoms with Crippen LogP contribution in [0.3, 0.4) is 0 Å². The fraction of sp³-hybridized carbons (Fsp3) is 0.185. The van der Waals surface area contributed by atoms with Crippen LogP contribution in [0.15, 0.2) is 60.8 Å². The smallest absolute Gasteiger partial charge is 0.335 e. The lowest BCUT2D eigenvalue weighted by atomic mass is 9.90. The zero-order valence-electron chi connectivity index (χ0n) is 18.5. The van der Waals surface area contributed by atoms with Crippen molar-refractivity contribution in [3.05, 3.63) is 88.6 Å². The number of nitrogens with zero attached hydrogens (tertiary/aromatic N) is 2. The number of ether oxygens (including phenoxy) is 1. The Kier molecular flexibility index (Phi) is 6.16. The Morgan fingerprint density at radius 1 is 1.03 bits per heavy atom. The third-order valence-corrected chi connectivity index (χ3v) is 5.95. The van der Waals surface area contributed by atoms with Crippen molar-refractivity contribution in [3.63, 3.8) is 0 Å². The van der Waals surface area contributed by atoms with Crippen molar-refractivity contribution in [2.75, 3.05) is 7.11 Å². The number of carbonyl (C=O) groups is 1. The normalized spacial score (nSPS) is 10.8. The molecular weight excluding hydrogens is 416 g/mol. The van der Waals surface area contributed by atoms with Gasteiger partial charge in [-0.15, -0.1) is 0 Å². The minimum Gasteiger partial charge on any atom is -0.497 e. The van der Waals surface area contributed by atoms with Crippen LogP contribution >= 0.6 is 0 Å². The molecule has 0 atom stereocenters. The Morgan fingerprint density at radius 2 is 1.85 bits per heavy atom. The first-order chi connectivity index (χ1) is 16.0. The molecule has 0 saturated heterocycles. The number of aromatic nitrogens is 1. The van der Waals surface area contributed by atoms with E-state index in [4.69, 9.17) is 4.74 Å². The molecule has 0 amide bonds. The van der Waals surface area contributed by atoms with E-state index in [1.807, 2.05) is 30.3 Å². The van der Waals surface area contributed by atoms with E-state index in [1.165, 1.54) is 0 Å². The predicted molar refractivity (Wildman–Crippen MR) is 126 cm³/mol. The molecule has 0 spiro atoms. The first-order valence-electron chi connectivity index (χ1n) is 10.6. The molecule has 4 aromatic rings. The van der Waals surface area contributed by atoms with E-state index < -0.39 is 5.97 Å². The van der Waals surface area contributed by atoms with Crippen molar-refractivity contribution < 1.29 is 19.7 Å². The van der Waals surface area contributed by atoms with Gasteiger partial charge in [0.1, 0.15) is 5.75 Å². The third kappa shape index (κ3) is 4.19. The number of methoxy groups -OCH3 is 1. The summed E-state index contributed by atoms with van der Waals surface area (Å²) in [4.78, 5) is 11.7. The van der Waals surface area contributed by atoms with Gasteiger partial charge in [0.05, 0.1) is 30.9 Å². The lowest BCUT2D eigenvalue weighted by Gasteiger charge is -2.15. The summed E-state index contributed by atoms with van der Waals surface area (Å²) in [6.45, 7) is 2.62. The van der Waals surface area contributed by atoms with Gasteiger partial charge in [-0.25, -0.2) is 4.79 Å². The van der Waals surface area contributed by atoms with E-state index in [0.29, 0.717) is 23.3 Å². The van der Waals surface area contributed by atoms with Gasteiger partial charge in [0.15, 0.2) is 0 Å². The van der Waals surface area contributed by atoms with Crippen LogP contribution in [-0.4, -0.2) is 27.9 Å². The number of carboxylic acid groups (broad SMARTS) is 1. The topological polar surface area (TPSA) is 95.5 Å². The van der Waals surface area contributed by atoms with Crippen molar-refractivity contribution in [3.8, 4) is 22.9 Å². The highest BCUT2D eigenvalue weighted by Gasteiger charge is 2.17. The minimum atomic E-state index is -1.01. The zero-order valence-corrected chi connectivity index (χ0v) is 18.5. The monoisotopic (exact) mass is 440 g/mol. The van der Waals surface area contributed by atoms with Crippen LogP contribution in [0, 0.1) is 11.3 Å². The maximum atomic E-state index is 11.7. The summed E-state index contributed by atoms with van der Waals surface area (Å²) < 4.78 is 7.40. The number of fused-ring (bicyclic) bond motifs is 1. The van der Waals surface area contributed by atoms with Crippen LogP contribution < -0.4 is 4.74 Å². The molecule has 3 aromatic carbocycles. The van der Waals surface area contributed by atoms with Gasteiger partial charge in [0.2, 0.25) is 0 Å². The van der Waals surface area contributed by atoms with Crippen molar-refractivity contribution >= 4 is 16.9 Å². The number of aromatic carboxylic acids is 1. The highest BCUT2D eigenvalue weighted by atomic mass is 16.5. The summed E-state index contributed by atoms with van der Waals surface area (Å²) in [5.74, 6) is -0.383. The lowest BCUT2D eigenvalue weighted by Crippen LogP contribution is -2.01. The maximum absolute atomic E-state index is 11.7. The number of aliphatic hydroxyl groups excluding tert-OH is 1. The first-order valence-corrected chi connectivity index (χ1v) is 10.6. The van der Waals surface area contributed by atoms with Crippen LogP contribution in [0.25, 0.3) is 22.0 Å². The zero-order chi connectivity index (χ0) is 23.5. The molecule has 0 saturated carbocycles. The van der Waals surface area contributed by atoms with Gasteiger partial charge < -0.3 is 19.5 Å². The molecular formula is C27H24N2O4. The van der Waals surface area contributed by atoms with E-state index >= 15 is 0 Å². The Bertz CT molecular complexity index is 1400. The highest BCUT2D eigenvalue weighted by Crippen LogP contribution is 2.34. The van der Waals surface area contributed by atoms with Crippen LogP contribution in [0.1, 0.15) is 39.5 Å². The van der Waals surface area contributed by atoms with Crippen molar-refractivity contribution in [2.45, 2.75) is 26.5 Å². The number of aliphatic hydroxyl groups is 1. The molecule has 0 aliphatic rings. The van der Waals surface area contributed by atoms with Gasteiger partial charge in [-0.05, 0) is 71.1 Å². The van der Waals surface area contributed by atoms with E-state index in [0.717, 1.165) is 39.7 Å². The number of rotatable bonds is 7. The summed E-state index contributed by atoms with van der Waals surface area (Å²) in [6, 6.07) is 18.4. The fourth-order valence-corrected chi connectivity index (χ4v) is 4.25. The number of nitriles is 1. The number of hydrogen-bond acceptors (Lipinski definition) is 4. The molecule has 0 fully saturated rings. The fourth-order valence-electron chi connectivity index (χ4n) is 4.25. The SMILES string of the molecule is CCn1cc(Cc2ccc(C(=O)O)cc2-c2ccc(OC)cc2CO)c2ccc(C#N)cc21. The average molecular weight is 440 g/mol. The number of carboxylic acids is 1. The number of hydrogen-bond donors (Lipinski definition) is 2. The van der Waals surface area contributed by atoms with Gasteiger partial charge in [0, 0.05) is 30.1 Å². The molecule has 6 nitrogen and oxygen atoms in total. The van der Waals surface area contributed by atoms with Gasteiger partial charge in [-0.2, -0.15) is 5.26 Å². The second-order valence-electron chi connectivity index (χ2n) is 7.82. The van der Waals surface area contributed by atoms with Gasteiger partial charge in [0.25, 0.3) is 0 Å². The second kappa shape index (κ2) is 9.19. The largest absolute Gasteiger partial charge is 0.497 e. The minimum absolute atomic E-state index is 0.183. The first kappa shape index (κ1) is 22.1. The quantitative estimate of drug-likeness (QED) is 0.422. The molecule has 1 aromatic heterocycles. The Morgan fingerprint density at radius 3 is 2.52 bits per heavy atom. The molecule has 0 aliphatic carbocycles. The van der Waals surface area contributed by atoms with Crippen LogP contribution in [-0.2, 0) is 19.6 Å². The van der Waals surface area contributed by atoms with E-state index in [1.54, 1.807) is 31.4 Å². The van der Waals surface area contributed by atoms with E-state index in [9.17, 15) is 20.3 Å². The van der Waals surface area contributed by atoms with Crippen molar-refractivity contribution in [1.82, 2.24) is 4.57 Å². The summed E-state index contributed by atoms with van der Waals surface area (Å²) in [7, 11) is 1.56. The average Bonchev–Trinajstić information content (AvgIpc) is 3.20. The molecule has 0 bridgehead atoms. The Balaban J connectivity index is 1.88. The molecule has 33 heavy (non-hydrogen) atoms. The standard InChI is InChI=1S/C27H24N2O4/c1-3-29-15-20(24-8-4-17(14-28)10-26(24)29)11-18-5-6-19(27(31)32)13-25(18)23-9-7-22(33-2)12-21(23)16-30/h4-10,12-13,15,30H,3,11,16H2,1-2H3,(H,31,32). The van der Waals surface area contributed by atoms with E-state index in [2.05, 4.69) is 23.8 Å². The summed E-state index contributed by atoms with van der Waals surface area (Å²) in [6.07, 6.45) is 2.66. The van der Waals surface area contributed by atoms with Crippen LogP contribution in [0.2, 0.25) is 0 Å². The summed E-state index contributed by atoms with van der Waals surface area (Å²) in [5.41, 5.74) is 6.00. The lowest BCUT2D eigenvalue weighted by molar-refractivity contribution is 0.0697. The van der Waals surface area contributed by atoms with Gasteiger partial charge in [-0.1, -0.05) is 18.2 Å². The Labute approximate surface area is 191 Å². The molecule has 6 heteroatoms. The van der Waals surface area contributed by atoms with Crippen LogP contribution in [0.5, 0.6) is 5.75 Å². The highest BCUT2D eigenvalue weighted by molar-refractivity contribution is 5.91. The maximum Gasteiger partial charge on any atom is 0.335 e. The van der Waals surface area contributed by atoms with Gasteiger partial charge in [-0.3, -0.25) is 0 Å².